The van der Waals surface area contributed by atoms with E-state index >= 15 is 0 Å². The summed E-state index contributed by atoms with van der Waals surface area (Å²) in [6.45, 7) is 0. The Morgan fingerprint density at radius 3 is 2.16 bits per heavy atom. The van der Waals surface area contributed by atoms with Crippen LogP contribution in [-0.4, -0.2) is 47.2 Å². The molecular weight excluding hydrogens is 486 g/mol. The van der Waals surface area contributed by atoms with Gasteiger partial charge >= 0.3 is 5.97 Å². The maximum absolute atomic E-state index is 14.2. The highest BCUT2D eigenvalue weighted by Crippen LogP contribution is 2.41. The van der Waals surface area contributed by atoms with E-state index in [0.717, 1.165) is 12.1 Å². The Morgan fingerprint density at radius 2 is 1.59 bits per heavy atom. The maximum atomic E-state index is 14.2. The number of nitrogens with zero attached hydrogens (tertiary/aromatic N) is 2. The molecule has 1 heterocycles. The van der Waals surface area contributed by atoms with Crippen LogP contribution in [0.25, 0.3) is 22.2 Å². The number of carbonyl (C=O) groups is 2. The van der Waals surface area contributed by atoms with Gasteiger partial charge in [-0.3, -0.25) is 14.8 Å². The van der Waals surface area contributed by atoms with E-state index in [9.17, 15) is 23.5 Å². The second kappa shape index (κ2) is 10.4. The summed E-state index contributed by atoms with van der Waals surface area (Å²) < 4.78 is 39.4. The predicted octanol–water partition coefficient (Wildman–Crippen LogP) is 3.60. The Balaban J connectivity index is 1.74. The van der Waals surface area contributed by atoms with Gasteiger partial charge in [0.2, 0.25) is 0 Å². The molecule has 4 rings (SSSR count). The summed E-state index contributed by atoms with van der Waals surface area (Å²) in [5.41, 5.74) is 6.76. The number of aliphatic carboxylic acids is 1. The fourth-order valence-corrected chi connectivity index (χ4v) is 4.06. The van der Waals surface area contributed by atoms with Crippen molar-refractivity contribution in [3.63, 3.8) is 0 Å². The average molecular weight is 508 g/mol. The third-order valence-electron chi connectivity index (χ3n) is 5.72. The number of rotatable bonds is 8. The van der Waals surface area contributed by atoms with Gasteiger partial charge in [-0.25, -0.2) is 13.6 Å². The number of nitrogens with two attached hydrogens (primary N) is 1. The van der Waals surface area contributed by atoms with Gasteiger partial charge < -0.3 is 25.6 Å². The lowest BCUT2D eigenvalue weighted by atomic mass is 9.96. The zero-order valence-electron chi connectivity index (χ0n) is 19.8. The third-order valence-corrected chi connectivity index (χ3v) is 5.72. The first kappa shape index (κ1) is 25.3. The van der Waals surface area contributed by atoms with E-state index in [1.54, 1.807) is 30.3 Å². The van der Waals surface area contributed by atoms with Crippen LogP contribution in [0.2, 0.25) is 0 Å². The SMILES string of the molecule is COc1cccc(OC)c1-c1ccc(CC(NC(=O)c2c(F)cc(N)cc2F)C(=O)O)c2nccnc12. The average Bonchev–Trinajstić information content (AvgIpc) is 2.87. The Labute approximate surface area is 209 Å². The zero-order valence-corrected chi connectivity index (χ0v) is 19.8. The number of ether oxygens (including phenoxy) is 2. The highest BCUT2D eigenvalue weighted by molar-refractivity contribution is 5.99. The van der Waals surface area contributed by atoms with Crippen molar-refractivity contribution in [3.8, 4) is 22.6 Å². The topological polar surface area (TPSA) is 137 Å². The molecule has 0 fully saturated rings. The van der Waals surface area contributed by atoms with Crippen LogP contribution in [0.5, 0.6) is 11.5 Å². The first-order valence-electron chi connectivity index (χ1n) is 11.0. The Bertz CT molecular complexity index is 1470. The lowest BCUT2D eigenvalue weighted by molar-refractivity contribution is -0.139. The van der Waals surface area contributed by atoms with Crippen molar-refractivity contribution in [1.82, 2.24) is 15.3 Å². The highest BCUT2D eigenvalue weighted by Gasteiger charge is 2.27. The molecule has 11 heteroatoms. The summed E-state index contributed by atoms with van der Waals surface area (Å²) in [4.78, 5) is 33.4. The van der Waals surface area contributed by atoms with Crippen molar-refractivity contribution < 1.29 is 33.0 Å². The van der Waals surface area contributed by atoms with Crippen molar-refractivity contribution in [2.45, 2.75) is 12.5 Å². The minimum absolute atomic E-state index is 0.210. The molecule has 0 aliphatic heterocycles. The number of amides is 1. The number of fused-ring (bicyclic) bond motifs is 1. The highest BCUT2D eigenvalue weighted by atomic mass is 19.1. The Hall–Kier alpha value is -4.80. The van der Waals surface area contributed by atoms with Gasteiger partial charge in [-0.05, 0) is 29.8 Å². The van der Waals surface area contributed by atoms with Crippen molar-refractivity contribution in [2.24, 2.45) is 0 Å². The molecule has 1 aromatic heterocycles. The third kappa shape index (κ3) is 4.96. The molecule has 1 amide bonds. The monoisotopic (exact) mass is 508 g/mol. The first-order valence-corrected chi connectivity index (χ1v) is 11.0. The molecule has 4 N–H and O–H groups in total. The molecule has 1 atom stereocenters. The summed E-state index contributed by atoms with van der Waals surface area (Å²) in [6, 6.07) is 8.69. The fourth-order valence-electron chi connectivity index (χ4n) is 4.06. The van der Waals surface area contributed by atoms with Crippen LogP contribution in [0.1, 0.15) is 15.9 Å². The molecule has 190 valence electrons. The van der Waals surface area contributed by atoms with E-state index < -0.39 is 35.1 Å². The van der Waals surface area contributed by atoms with Crippen LogP contribution in [0.3, 0.4) is 0 Å². The van der Waals surface area contributed by atoms with Gasteiger partial charge in [0.15, 0.2) is 0 Å². The number of methoxy groups -OCH3 is 2. The minimum atomic E-state index is -1.53. The number of carbonyl (C=O) groups excluding carboxylic acids is 1. The lowest BCUT2D eigenvalue weighted by Gasteiger charge is -2.18. The zero-order chi connectivity index (χ0) is 26.7. The number of carboxylic acids is 1. The number of benzene rings is 3. The second-order valence-electron chi connectivity index (χ2n) is 7.99. The summed E-state index contributed by atoms with van der Waals surface area (Å²) in [6.07, 6.45) is 2.70. The van der Waals surface area contributed by atoms with Gasteiger partial charge in [-0.15, -0.1) is 0 Å². The molecule has 0 spiro atoms. The van der Waals surface area contributed by atoms with Gasteiger partial charge in [0, 0.05) is 30.1 Å². The maximum Gasteiger partial charge on any atom is 0.326 e. The quantitative estimate of drug-likeness (QED) is 0.307. The minimum Gasteiger partial charge on any atom is -0.496 e. The summed E-state index contributed by atoms with van der Waals surface area (Å²) >= 11 is 0. The molecule has 3 aromatic carbocycles. The molecular formula is C26H22F2N4O5. The Kier molecular flexibility index (Phi) is 7.14. The van der Waals surface area contributed by atoms with Crippen molar-refractivity contribution in [1.29, 1.82) is 0 Å². The van der Waals surface area contributed by atoms with Gasteiger partial charge in [0.1, 0.15) is 34.7 Å². The van der Waals surface area contributed by atoms with Gasteiger partial charge in [0.05, 0.1) is 30.8 Å². The number of hydrogen-bond acceptors (Lipinski definition) is 7. The molecule has 0 saturated carbocycles. The molecule has 0 radical (unpaired) electrons. The number of nitrogen functional groups attached to an aromatic ring is 1. The molecule has 0 bridgehead atoms. The number of nitrogens with one attached hydrogen (secondary N) is 1. The number of halogens is 2. The van der Waals surface area contributed by atoms with Crippen LogP contribution < -0.4 is 20.5 Å². The number of carboxylic acid groups (broad SMARTS) is 1. The van der Waals surface area contributed by atoms with Crippen LogP contribution in [0, 0.1) is 11.6 Å². The molecule has 0 aliphatic rings. The number of hydrogen-bond donors (Lipinski definition) is 3. The van der Waals surface area contributed by atoms with Gasteiger partial charge in [0.25, 0.3) is 5.91 Å². The first-order chi connectivity index (χ1) is 17.7. The second-order valence-corrected chi connectivity index (χ2v) is 7.99. The standard InChI is InChI=1S/C26H22F2N4O5/c1-36-19-4-3-5-20(37-2)21(19)15-7-6-13(23-24(15)31-9-8-30-23)10-18(26(34)35)32-25(33)22-16(27)11-14(29)12-17(22)28/h3-9,11-12,18H,10,29H2,1-2H3,(H,32,33)(H,34,35). The summed E-state index contributed by atoms with van der Waals surface area (Å²) in [5.74, 6) is -3.98. The smallest absolute Gasteiger partial charge is 0.326 e. The molecule has 4 aromatic rings. The van der Waals surface area contributed by atoms with Crippen LogP contribution in [-0.2, 0) is 11.2 Å². The lowest BCUT2D eigenvalue weighted by Crippen LogP contribution is -2.43. The predicted molar refractivity (Wildman–Crippen MR) is 131 cm³/mol. The van der Waals surface area contributed by atoms with Crippen LogP contribution >= 0.6 is 0 Å². The molecule has 0 saturated heterocycles. The molecule has 9 nitrogen and oxygen atoms in total. The molecule has 0 aliphatic carbocycles. The number of anilines is 1. The Morgan fingerprint density at radius 1 is 1.00 bits per heavy atom. The normalized spacial score (nSPS) is 11.7. The van der Waals surface area contributed by atoms with E-state index in [1.807, 2.05) is 0 Å². The van der Waals surface area contributed by atoms with Crippen molar-refractivity contribution in [3.05, 3.63) is 77.6 Å². The largest absolute Gasteiger partial charge is 0.496 e. The molecule has 1 unspecified atom stereocenters. The van der Waals surface area contributed by atoms with Crippen LogP contribution in [0.15, 0.2) is 54.9 Å². The van der Waals surface area contributed by atoms with E-state index in [-0.39, 0.29) is 12.1 Å². The van der Waals surface area contributed by atoms with E-state index in [1.165, 1.54) is 26.6 Å². The van der Waals surface area contributed by atoms with E-state index in [0.29, 0.717) is 39.2 Å². The summed E-state index contributed by atoms with van der Waals surface area (Å²) in [7, 11) is 3.04. The van der Waals surface area contributed by atoms with Crippen LogP contribution in [0.4, 0.5) is 14.5 Å². The molecule has 37 heavy (non-hydrogen) atoms. The van der Waals surface area contributed by atoms with Gasteiger partial charge in [-0.1, -0.05) is 18.2 Å². The van der Waals surface area contributed by atoms with Gasteiger partial charge in [-0.2, -0.15) is 0 Å². The number of aromatic nitrogens is 2. The van der Waals surface area contributed by atoms with Crippen molar-refractivity contribution >= 4 is 28.6 Å². The van der Waals surface area contributed by atoms with E-state index in [2.05, 4.69) is 15.3 Å². The fraction of sp³-hybridized carbons (Fsp3) is 0.154. The van der Waals surface area contributed by atoms with E-state index in [4.69, 9.17) is 15.2 Å². The van der Waals surface area contributed by atoms with Crippen molar-refractivity contribution in [2.75, 3.05) is 20.0 Å². The summed E-state index contributed by atoms with van der Waals surface area (Å²) in [5, 5.41) is 11.9.